The Bertz CT molecular complexity index is 1400. The van der Waals surface area contributed by atoms with Crippen LogP contribution in [-0.2, 0) is 25.8 Å². The number of nitrogens with zero attached hydrogens (tertiary/aromatic N) is 1. The highest BCUT2D eigenvalue weighted by Gasteiger charge is 2.43. The molecular weight excluding hydrogens is 507 g/mol. The SMILES string of the molecule is O=C(C[C@H]1C(=O)Nc2ccccc2N1S(=O)(=O)c1cc(C(F)(F)F)ccc1Cl)Nc1ccccc1. The number of carbonyl (C=O) groups is 2. The van der Waals surface area contributed by atoms with Gasteiger partial charge in [0.15, 0.2) is 0 Å². The first kappa shape index (κ1) is 24.6. The van der Waals surface area contributed by atoms with Crippen LogP contribution in [0.15, 0.2) is 77.7 Å². The van der Waals surface area contributed by atoms with Crippen LogP contribution in [0.25, 0.3) is 0 Å². The third-order valence-electron chi connectivity index (χ3n) is 5.22. The molecule has 1 atom stereocenters. The molecule has 7 nitrogen and oxygen atoms in total. The highest BCUT2D eigenvalue weighted by molar-refractivity contribution is 7.93. The van der Waals surface area contributed by atoms with Crippen molar-refractivity contribution >= 4 is 50.5 Å². The summed E-state index contributed by atoms with van der Waals surface area (Å²) in [7, 11) is -4.83. The number of hydrogen-bond acceptors (Lipinski definition) is 4. The van der Waals surface area contributed by atoms with E-state index in [9.17, 15) is 31.2 Å². The highest BCUT2D eigenvalue weighted by Crippen LogP contribution is 2.40. The molecule has 0 fully saturated rings. The molecule has 3 aromatic carbocycles. The summed E-state index contributed by atoms with van der Waals surface area (Å²) in [5.74, 6) is -1.50. The Balaban J connectivity index is 1.79. The van der Waals surface area contributed by atoms with E-state index in [4.69, 9.17) is 11.6 Å². The van der Waals surface area contributed by atoms with Gasteiger partial charge in [-0.1, -0.05) is 41.9 Å². The molecule has 1 aliphatic rings. The number of nitrogens with one attached hydrogen (secondary N) is 2. The lowest BCUT2D eigenvalue weighted by Gasteiger charge is -2.37. The first-order valence-corrected chi connectivity index (χ1v) is 12.0. The van der Waals surface area contributed by atoms with E-state index >= 15 is 0 Å². The molecule has 2 N–H and O–H groups in total. The second-order valence-corrected chi connectivity index (χ2v) is 9.77. The number of alkyl halides is 3. The van der Waals surface area contributed by atoms with Crippen LogP contribution in [0.3, 0.4) is 0 Å². The van der Waals surface area contributed by atoms with Crippen LogP contribution < -0.4 is 14.9 Å². The van der Waals surface area contributed by atoms with E-state index in [1.54, 1.807) is 36.4 Å². The van der Waals surface area contributed by atoms with E-state index in [2.05, 4.69) is 10.6 Å². The number of anilines is 3. The fraction of sp³-hybridized carbons (Fsp3) is 0.130. The number of rotatable bonds is 5. The topological polar surface area (TPSA) is 95.6 Å². The number of halogens is 4. The van der Waals surface area contributed by atoms with E-state index in [1.807, 2.05) is 0 Å². The molecule has 1 heterocycles. The van der Waals surface area contributed by atoms with E-state index in [0.29, 0.717) is 22.1 Å². The lowest BCUT2D eigenvalue weighted by molar-refractivity contribution is -0.137. The Kier molecular flexibility index (Phi) is 6.48. The largest absolute Gasteiger partial charge is 0.416 e. The summed E-state index contributed by atoms with van der Waals surface area (Å²) in [6, 6.07) is 14.4. The van der Waals surface area contributed by atoms with Crippen molar-refractivity contribution in [3.05, 3.63) is 83.4 Å². The van der Waals surface area contributed by atoms with Crippen LogP contribution in [0.1, 0.15) is 12.0 Å². The van der Waals surface area contributed by atoms with Gasteiger partial charge in [-0.05, 0) is 42.5 Å². The maximum Gasteiger partial charge on any atom is 0.416 e. The van der Waals surface area contributed by atoms with Crippen LogP contribution in [0.4, 0.5) is 30.2 Å². The number of fused-ring (bicyclic) bond motifs is 1. The zero-order valence-electron chi connectivity index (χ0n) is 17.7. The van der Waals surface area contributed by atoms with Gasteiger partial charge >= 0.3 is 6.18 Å². The number of carbonyl (C=O) groups excluding carboxylic acids is 2. The minimum Gasteiger partial charge on any atom is -0.326 e. The van der Waals surface area contributed by atoms with E-state index in [0.717, 1.165) is 6.07 Å². The normalized spacial score (nSPS) is 15.8. The predicted octanol–water partition coefficient (Wildman–Crippen LogP) is 4.90. The summed E-state index contributed by atoms with van der Waals surface area (Å²) in [6.07, 6.45) is -5.44. The molecule has 0 spiro atoms. The molecule has 0 saturated heterocycles. The molecule has 3 aromatic rings. The molecule has 4 rings (SSSR count). The van der Waals surface area contributed by atoms with Gasteiger partial charge in [0.25, 0.3) is 10.0 Å². The standard InChI is InChI=1S/C23H17ClF3N3O4S/c24-16-11-10-14(23(25,26)27)12-20(16)35(33,34)30-18-9-5-4-8-17(18)29-22(32)19(30)13-21(31)28-15-6-2-1-3-7-15/h1-12,19H,13H2,(H,28,31)(H,29,32)/t19-/m0/s1. The van der Waals surface area contributed by atoms with Crippen molar-refractivity contribution in [2.24, 2.45) is 0 Å². The first-order chi connectivity index (χ1) is 16.5. The quantitative estimate of drug-likeness (QED) is 0.497. The molecule has 12 heteroatoms. The molecule has 0 saturated carbocycles. The second-order valence-electron chi connectivity index (χ2n) is 7.58. The summed E-state index contributed by atoms with van der Waals surface area (Å²) < 4.78 is 68.0. The number of benzene rings is 3. The molecule has 2 amide bonds. The molecule has 0 unspecified atom stereocenters. The zero-order valence-corrected chi connectivity index (χ0v) is 19.3. The highest BCUT2D eigenvalue weighted by atomic mass is 35.5. The van der Waals surface area contributed by atoms with Crippen molar-refractivity contribution in [1.82, 2.24) is 0 Å². The lowest BCUT2D eigenvalue weighted by atomic mass is 10.1. The third-order valence-corrected chi connectivity index (χ3v) is 7.52. The zero-order chi connectivity index (χ0) is 25.4. The Morgan fingerprint density at radius 1 is 1.03 bits per heavy atom. The van der Waals surface area contributed by atoms with Gasteiger partial charge in [0, 0.05) is 5.69 Å². The van der Waals surface area contributed by atoms with Gasteiger partial charge in [-0.15, -0.1) is 0 Å². The number of sulfonamides is 1. The predicted molar refractivity (Wildman–Crippen MR) is 125 cm³/mol. The summed E-state index contributed by atoms with van der Waals surface area (Å²) in [5, 5.41) is 4.65. The fourth-order valence-corrected chi connectivity index (χ4v) is 5.76. The maximum atomic E-state index is 13.7. The summed E-state index contributed by atoms with van der Waals surface area (Å²) in [4.78, 5) is 24.8. The average Bonchev–Trinajstić information content (AvgIpc) is 2.79. The summed E-state index contributed by atoms with van der Waals surface area (Å²) in [6.45, 7) is 0. The molecule has 0 radical (unpaired) electrons. The smallest absolute Gasteiger partial charge is 0.326 e. The van der Waals surface area contributed by atoms with Crippen LogP contribution in [0.2, 0.25) is 5.02 Å². The third kappa shape index (κ3) is 4.96. The monoisotopic (exact) mass is 523 g/mol. The number of amides is 2. The Hall–Kier alpha value is -3.57. The van der Waals surface area contributed by atoms with Crippen molar-refractivity contribution in [3.8, 4) is 0 Å². The fourth-order valence-electron chi connectivity index (χ4n) is 3.63. The lowest BCUT2D eigenvalue weighted by Crippen LogP contribution is -2.52. The van der Waals surface area contributed by atoms with Gasteiger partial charge in [0.2, 0.25) is 11.8 Å². The van der Waals surface area contributed by atoms with Gasteiger partial charge in [-0.3, -0.25) is 13.9 Å². The Morgan fingerprint density at radius 3 is 2.37 bits per heavy atom. The minimum absolute atomic E-state index is 0.0157. The van der Waals surface area contributed by atoms with E-state index in [1.165, 1.54) is 18.2 Å². The van der Waals surface area contributed by atoms with Crippen LogP contribution in [-0.4, -0.2) is 26.3 Å². The van der Waals surface area contributed by atoms with Crippen LogP contribution >= 0.6 is 11.6 Å². The molecule has 182 valence electrons. The van der Waals surface area contributed by atoms with Crippen molar-refractivity contribution in [2.75, 3.05) is 14.9 Å². The number of hydrogen-bond donors (Lipinski definition) is 2. The van der Waals surface area contributed by atoms with Gasteiger partial charge in [-0.2, -0.15) is 13.2 Å². The van der Waals surface area contributed by atoms with E-state index in [-0.39, 0.29) is 11.4 Å². The van der Waals surface area contributed by atoms with E-state index < -0.39 is 56.0 Å². The molecule has 0 aromatic heterocycles. The van der Waals surface area contributed by atoms with Crippen molar-refractivity contribution in [2.45, 2.75) is 23.5 Å². The second kappa shape index (κ2) is 9.23. The summed E-state index contributed by atoms with van der Waals surface area (Å²) >= 11 is 6.02. The van der Waals surface area contributed by atoms with Crippen molar-refractivity contribution in [3.63, 3.8) is 0 Å². The van der Waals surface area contributed by atoms with Crippen molar-refractivity contribution in [1.29, 1.82) is 0 Å². The summed E-state index contributed by atoms with van der Waals surface area (Å²) in [5.41, 5.74) is -0.708. The Labute approximate surface area is 203 Å². The van der Waals surface area contributed by atoms with Crippen molar-refractivity contribution < 1.29 is 31.2 Å². The Morgan fingerprint density at radius 2 is 1.69 bits per heavy atom. The van der Waals surface area contributed by atoms with Crippen LogP contribution in [0, 0.1) is 0 Å². The number of para-hydroxylation sites is 3. The molecule has 35 heavy (non-hydrogen) atoms. The minimum atomic E-state index is -4.83. The first-order valence-electron chi connectivity index (χ1n) is 10.1. The van der Waals surface area contributed by atoms with Gasteiger partial charge < -0.3 is 10.6 Å². The van der Waals surface area contributed by atoms with Gasteiger partial charge in [0.1, 0.15) is 10.9 Å². The molecule has 0 bridgehead atoms. The van der Waals surface area contributed by atoms with Gasteiger partial charge in [-0.25, -0.2) is 8.42 Å². The molecular formula is C23H17ClF3N3O4S. The van der Waals surface area contributed by atoms with Gasteiger partial charge in [0.05, 0.1) is 28.4 Å². The molecule has 1 aliphatic heterocycles. The average molecular weight is 524 g/mol. The molecule has 0 aliphatic carbocycles. The van der Waals surface area contributed by atoms with Crippen LogP contribution in [0.5, 0.6) is 0 Å². The maximum absolute atomic E-state index is 13.7.